The molecule has 1 aromatic carbocycles. The van der Waals surface area contributed by atoms with Gasteiger partial charge >= 0.3 is 0 Å². The van der Waals surface area contributed by atoms with Gasteiger partial charge in [-0.25, -0.2) is 4.39 Å². The normalized spacial score (nSPS) is 10.4. The minimum atomic E-state index is -0.386. The van der Waals surface area contributed by atoms with E-state index in [0.29, 0.717) is 16.3 Å². The predicted octanol–water partition coefficient (Wildman–Crippen LogP) is 3.03. The van der Waals surface area contributed by atoms with Crippen LogP contribution in [0.1, 0.15) is 5.69 Å². The lowest BCUT2D eigenvalue weighted by Crippen LogP contribution is -1.93. The predicted molar refractivity (Wildman–Crippen MR) is 60.6 cm³/mol. The first-order chi connectivity index (χ1) is 7.72. The summed E-state index contributed by atoms with van der Waals surface area (Å²) in [7, 11) is 0. The number of aliphatic hydroxyl groups excluding tert-OH is 1. The zero-order chi connectivity index (χ0) is 11.5. The minimum Gasteiger partial charge on any atom is -0.390 e. The Kier molecular flexibility index (Phi) is 3.17. The molecule has 16 heavy (non-hydrogen) atoms. The topological polar surface area (TPSA) is 33.1 Å². The van der Waals surface area contributed by atoms with Gasteiger partial charge in [0.05, 0.1) is 17.3 Å². The van der Waals surface area contributed by atoms with E-state index >= 15 is 0 Å². The molecule has 0 amide bonds. The lowest BCUT2D eigenvalue weighted by molar-refractivity contribution is 0.277. The van der Waals surface area contributed by atoms with Gasteiger partial charge in [0.25, 0.3) is 0 Å². The summed E-state index contributed by atoms with van der Waals surface area (Å²) in [6.07, 6.45) is 1.59. The van der Waals surface area contributed by atoms with E-state index in [1.54, 1.807) is 24.4 Å². The zero-order valence-corrected chi connectivity index (χ0v) is 9.08. The number of hydrogen-bond acceptors (Lipinski definition) is 2. The van der Waals surface area contributed by atoms with Crippen molar-refractivity contribution in [3.8, 4) is 11.1 Å². The van der Waals surface area contributed by atoms with Gasteiger partial charge in [-0.3, -0.25) is 4.98 Å². The molecular weight excluding hydrogens is 229 g/mol. The van der Waals surface area contributed by atoms with E-state index in [9.17, 15) is 4.39 Å². The maximum absolute atomic E-state index is 12.9. The number of halogens is 2. The maximum atomic E-state index is 12.9. The first-order valence-electron chi connectivity index (χ1n) is 4.72. The Bertz CT molecular complexity index is 516. The van der Waals surface area contributed by atoms with Gasteiger partial charge in [0, 0.05) is 17.3 Å². The molecule has 0 saturated heterocycles. The van der Waals surface area contributed by atoms with Crippen LogP contribution in [0, 0.1) is 5.82 Å². The van der Waals surface area contributed by atoms with Crippen LogP contribution in [0.5, 0.6) is 0 Å². The van der Waals surface area contributed by atoms with Crippen molar-refractivity contribution >= 4 is 11.6 Å². The third kappa shape index (κ3) is 2.05. The summed E-state index contributed by atoms with van der Waals surface area (Å²) in [6, 6.07) is 7.68. The van der Waals surface area contributed by atoms with E-state index < -0.39 is 0 Å². The minimum absolute atomic E-state index is 0.177. The van der Waals surface area contributed by atoms with E-state index in [-0.39, 0.29) is 12.4 Å². The summed E-state index contributed by atoms with van der Waals surface area (Å²) in [6.45, 7) is -0.177. The molecule has 0 saturated carbocycles. The summed E-state index contributed by atoms with van der Waals surface area (Å²) in [5.41, 5.74) is 1.91. The van der Waals surface area contributed by atoms with Crippen molar-refractivity contribution < 1.29 is 9.50 Å². The summed E-state index contributed by atoms with van der Waals surface area (Å²) in [4.78, 5) is 4.03. The SMILES string of the molecule is OCc1ncccc1-c1ccc(F)cc1Cl. The Morgan fingerprint density at radius 1 is 1.25 bits per heavy atom. The molecule has 0 bridgehead atoms. The monoisotopic (exact) mass is 237 g/mol. The molecule has 4 heteroatoms. The van der Waals surface area contributed by atoms with Gasteiger partial charge in [-0.15, -0.1) is 0 Å². The van der Waals surface area contributed by atoms with Crippen LogP contribution in [0.25, 0.3) is 11.1 Å². The Hall–Kier alpha value is -1.45. The van der Waals surface area contributed by atoms with E-state index in [4.69, 9.17) is 16.7 Å². The first-order valence-corrected chi connectivity index (χ1v) is 5.10. The van der Waals surface area contributed by atoms with E-state index in [1.165, 1.54) is 12.1 Å². The second-order valence-electron chi connectivity index (χ2n) is 3.28. The largest absolute Gasteiger partial charge is 0.390 e. The van der Waals surface area contributed by atoms with Crippen LogP contribution < -0.4 is 0 Å². The van der Waals surface area contributed by atoms with E-state index in [1.807, 2.05) is 0 Å². The number of benzene rings is 1. The van der Waals surface area contributed by atoms with Crippen LogP contribution in [-0.4, -0.2) is 10.1 Å². The molecule has 0 radical (unpaired) electrons. The molecule has 2 nitrogen and oxygen atoms in total. The molecular formula is C12H9ClFNO. The highest BCUT2D eigenvalue weighted by atomic mass is 35.5. The number of aliphatic hydroxyl groups is 1. The molecule has 1 heterocycles. The number of hydrogen-bond donors (Lipinski definition) is 1. The van der Waals surface area contributed by atoms with Crippen molar-refractivity contribution in [1.82, 2.24) is 4.98 Å². The fraction of sp³-hybridized carbons (Fsp3) is 0.0833. The Morgan fingerprint density at radius 3 is 2.75 bits per heavy atom. The second kappa shape index (κ2) is 4.60. The van der Waals surface area contributed by atoms with Gasteiger partial charge in [-0.2, -0.15) is 0 Å². The van der Waals surface area contributed by atoms with Crippen molar-refractivity contribution in [2.45, 2.75) is 6.61 Å². The Balaban J connectivity index is 2.58. The van der Waals surface area contributed by atoms with Gasteiger partial charge in [0.1, 0.15) is 5.82 Å². The lowest BCUT2D eigenvalue weighted by Gasteiger charge is -2.08. The van der Waals surface area contributed by atoms with Crippen LogP contribution in [0.3, 0.4) is 0 Å². The van der Waals surface area contributed by atoms with Crippen LogP contribution in [0.15, 0.2) is 36.5 Å². The van der Waals surface area contributed by atoms with Crippen molar-refractivity contribution in [3.05, 3.63) is 53.1 Å². The summed E-state index contributed by atoms with van der Waals surface area (Å²) >= 11 is 5.94. The highest BCUT2D eigenvalue weighted by molar-refractivity contribution is 6.33. The van der Waals surface area contributed by atoms with Gasteiger partial charge in [-0.1, -0.05) is 17.7 Å². The van der Waals surface area contributed by atoms with E-state index in [0.717, 1.165) is 5.56 Å². The molecule has 0 aliphatic carbocycles. The molecule has 0 aliphatic rings. The fourth-order valence-electron chi connectivity index (χ4n) is 1.52. The molecule has 2 aromatic rings. The molecule has 0 unspecified atom stereocenters. The summed E-state index contributed by atoms with van der Waals surface area (Å²) < 4.78 is 12.9. The number of nitrogens with zero attached hydrogens (tertiary/aromatic N) is 1. The molecule has 0 aliphatic heterocycles. The summed E-state index contributed by atoms with van der Waals surface area (Å²) in [5.74, 6) is -0.386. The third-order valence-electron chi connectivity index (χ3n) is 2.26. The number of aromatic nitrogens is 1. The Labute approximate surface area is 97.3 Å². The molecule has 82 valence electrons. The van der Waals surface area contributed by atoms with Gasteiger partial charge in [0.2, 0.25) is 0 Å². The van der Waals surface area contributed by atoms with Crippen molar-refractivity contribution in [1.29, 1.82) is 0 Å². The lowest BCUT2D eigenvalue weighted by atomic mass is 10.0. The fourth-order valence-corrected chi connectivity index (χ4v) is 1.79. The highest BCUT2D eigenvalue weighted by Gasteiger charge is 2.09. The molecule has 1 aromatic heterocycles. The average Bonchev–Trinajstić information content (AvgIpc) is 2.29. The van der Waals surface area contributed by atoms with Crippen molar-refractivity contribution in [2.24, 2.45) is 0 Å². The molecule has 2 rings (SSSR count). The van der Waals surface area contributed by atoms with Crippen molar-refractivity contribution in [2.75, 3.05) is 0 Å². The van der Waals surface area contributed by atoms with Crippen molar-refractivity contribution in [3.63, 3.8) is 0 Å². The standard InChI is InChI=1S/C12H9ClFNO/c13-11-6-8(14)3-4-9(11)10-2-1-5-15-12(10)7-16/h1-6,16H,7H2. The maximum Gasteiger partial charge on any atom is 0.124 e. The highest BCUT2D eigenvalue weighted by Crippen LogP contribution is 2.30. The first kappa shape index (κ1) is 11.0. The van der Waals surface area contributed by atoms with Crippen LogP contribution in [0.4, 0.5) is 4.39 Å². The van der Waals surface area contributed by atoms with Crippen LogP contribution in [0.2, 0.25) is 5.02 Å². The van der Waals surface area contributed by atoms with Crippen LogP contribution in [-0.2, 0) is 6.61 Å². The molecule has 0 atom stereocenters. The Morgan fingerprint density at radius 2 is 2.06 bits per heavy atom. The molecule has 1 N–H and O–H groups in total. The van der Waals surface area contributed by atoms with Gasteiger partial charge < -0.3 is 5.11 Å². The number of rotatable bonds is 2. The second-order valence-corrected chi connectivity index (χ2v) is 3.69. The summed E-state index contributed by atoms with van der Waals surface area (Å²) in [5, 5.41) is 9.45. The number of pyridine rings is 1. The van der Waals surface area contributed by atoms with Gasteiger partial charge in [-0.05, 0) is 24.3 Å². The third-order valence-corrected chi connectivity index (χ3v) is 2.57. The zero-order valence-electron chi connectivity index (χ0n) is 8.32. The van der Waals surface area contributed by atoms with Gasteiger partial charge in [0.15, 0.2) is 0 Å². The smallest absolute Gasteiger partial charge is 0.124 e. The molecule has 0 spiro atoms. The quantitative estimate of drug-likeness (QED) is 0.871. The van der Waals surface area contributed by atoms with E-state index in [2.05, 4.69) is 4.98 Å². The molecule has 0 fully saturated rings. The van der Waals surface area contributed by atoms with Crippen LogP contribution >= 0.6 is 11.6 Å². The average molecular weight is 238 g/mol.